The van der Waals surface area contributed by atoms with Crippen LogP contribution in [0.2, 0.25) is 0 Å². The summed E-state index contributed by atoms with van der Waals surface area (Å²) in [5.41, 5.74) is 8.28. The van der Waals surface area contributed by atoms with Crippen molar-refractivity contribution in [3.8, 4) is 5.75 Å². The largest absolute Gasteiger partial charge is 0.486 e. The van der Waals surface area contributed by atoms with Crippen molar-refractivity contribution in [1.29, 1.82) is 0 Å². The molecule has 3 rings (SSSR count). The van der Waals surface area contributed by atoms with Crippen molar-refractivity contribution in [3.05, 3.63) is 48.5 Å². The molecule has 19 heavy (non-hydrogen) atoms. The highest BCUT2D eigenvalue weighted by molar-refractivity contribution is 5.74. The molecule has 1 aromatic carbocycles. The quantitative estimate of drug-likeness (QED) is 0.727. The molecule has 0 saturated carbocycles. The lowest BCUT2D eigenvalue weighted by atomic mass is 10.3. The van der Waals surface area contributed by atoms with E-state index in [1.54, 1.807) is 12.4 Å². The second kappa shape index (κ2) is 4.61. The fourth-order valence-electron chi connectivity index (χ4n) is 1.93. The molecule has 0 aliphatic heterocycles. The second-order valence-corrected chi connectivity index (χ2v) is 4.31. The minimum absolute atomic E-state index is 0.412. The van der Waals surface area contributed by atoms with Gasteiger partial charge in [-0.1, -0.05) is 0 Å². The Morgan fingerprint density at radius 2 is 2.00 bits per heavy atom. The first-order valence-electron chi connectivity index (χ1n) is 5.98. The van der Waals surface area contributed by atoms with Crippen LogP contribution in [0.15, 0.2) is 42.7 Å². The van der Waals surface area contributed by atoms with Crippen molar-refractivity contribution in [2.75, 3.05) is 5.73 Å². The van der Waals surface area contributed by atoms with E-state index >= 15 is 0 Å². The summed E-state index contributed by atoms with van der Waals surface area (Å²) in [4.78, 5) is 8.62. The van der Waals surface area contributed by atoms with E-state index in [0.717, 1.165) is 28.3 Å². The predicted molar refractivity (Wildman–Crippen MR) is 73.7 cm³/mol. The van der Waals surface area contributed by atoms with Gasteiger partial charge in [0, 0.05) is 18.9 Å². The van der Waals surface area contributed by atoms with Gasteiger partial charge in [0.05, 0.1) is 17.2 Å². The molecule has 0 saturated heterocycles. The van der Waals surface area contributed by atoms with Gasteiger partial charge >= 0.3 is 0 Å². The Kier molecular flexibility index (Phi) is 2.79. The smallest absolute Gasteiger partial charge is 0.147 e. The summed E-state index contributed by atoms with van der Waals surface area (Å²) in [6.07, 6.45) is 3.54. The molecule has 0 unspecified atom stereocenters. The molecule has 0 radical (unpaired) electrons. The number of aryl methyl sites for hydroxylation is 1. The van der Waals surface area contributed by atoms with Gasteiger partial charge < -0.3 is 15.0 Å². The molecular formula is C14H14N4O. The van der Waals surface area contributed by atoms with Crippen LogP contribution in [0.5, 0.6) is 5.75 Å². The SMILES string of the molecule is Cn1c(COc2ccc(N)cc2)nc2ccncc21. The van der Waals surface area contributed by atoms with Gasteiger partial charge in [0.1, 0.15) is 18.2 Å². The first-order valence-corrected chi connectivity index (χ1v) is 5.98. The molecule has 0 aliphatic rings. The fourth-order valence-corrected chi connectivity index (χ4v) is 1.93. The van der Waals surface area contributed by atoms with E-state index in [0.29, 0.717) is 6.61 Å². The lowest BCUT2D eigenvalue weighted by Crippen LogP contribution is -2.03. The van der Waals surface area contributed by atoms with E-state index < -0.39 is 0 Å². The van der Waals surface area contributed by atoms with E-state index in [1.165, 1.54) is 0 Å². The lowest BCUT2D eigenvalue weighted by molar-refractivity contribution is 0.292. The van der Waals surface area contributed by atoms with Crippen LogP contribution in [0.25, 0.3) is 11.0 Å². The molecule has 5 heteroatoms. The normalized spacial score (nSPS) is 10.8. The minimum Gasteiger partial charge on any atom is -0.486 e. The van der Waals surface area contributed by atoms with E-state index in [9.17, 15) is 0 Å². The third kappa shape index (κ3) is 2.22. The number of nitrogens with two attached hydrogens (primary N) is 1. The first kappa shape index (κ1) is 11.5. The Morgan fingerprint density at radius 3 is 2.74 bits per heavy atom. The number of hydrogen-bond acceptors (Lipinski definition) is 4. The first-order chi connectivity index (χ1) is 9.24. The Balaban J connectivity index is 1.82. The molecule has 5 nitrogen and oxygen atoms in total. The molecule has 3 aromatic rings. The van der Waals surface area contributed by atoms with E-state index in [-0.39, 0.29) is 0 Å². The molecule has 96 valence electrons. The number of benzene rings is 1. The van der Waals surface area contributed by atoms with E-state index in [4.69, 9.17) is 10.5 Å². The zero-order chi connectivity index (χ0) is 13.2. The van der Waals surface area contributed by atoms with Crippen molar-refractivity contribution in [2.45, 2.75) is 6.61 Å². The van der Waals surface area contributed by atoms with Gasteiger partial charge in [0.2, 0.25) is 0 Å². The Hall–Kier alpha value is -2.56. The van der Waals surface area contributed by atoms with Crippen molar-refractivity contribution in [1.82, 2.24) is 14.5 Å². The summed E-state index contributed by atoms with van der Waals surface area (Å²) >= 11 is 0. The van der Waals surface area contributed by atoms with Crippen LogP contribution >= 0.6 is 0 Å². The van der Waals surface area contributed by atoms with Crippen LogP contribution < -0.4 is 10.5 Å². The van der Waals surface area contributed by atoms with Gasteiger partial charge in [-0.3, -0.25) is 4.98 Å². The zero-order valence-electron chi connectivity index (χ0n) is 10.6. The number of fused-ring (bicyclic) bond motifs is 1. The number of imidazole rings is 1. The van der Waals surface area contributed by atoms with Gasteiger partial charge in [-0.2, -0.15) is 0 Å². The highest BCUT2D eigenvalue weighted by Gasteiger charge is 2.07. The topological polar surface area (TPSA) is 66.0 Å². The predicted octanol–water partition coefficient (Wildman–Crippen LogP) is 2.13. The van der Waals surface area contributed by atoms with E-state index in [1.807, 2.05) is 41.9 Å². The minimum atomic E-state index is 0.412. The van der Waals surface area contributed by atoms with Gasteiger partial charge in [0.15, 0.2) is 0 Å². The van der Waals surface area contributed by atoms with Crippen LogP contribution in [0, 0.1) is 0 Å². The maximum atomic E-state index is 5.70. The lowest BCUT2D eigenvalue weighted by Gasteiger charge is -2.06. The molecule has 0 atom stereocenters. The highest BCUT2D eigenvalue weighted by Crippen LogP contribution is 2.17. The van der Waals surface area contributed by atoms with Gasteiger partial charge in [-0.25, -0.2) is 4.98 Å². The summed E-state index contributed by atoms with van der Waals surface area (Å²) in [5, 5.41) is 0. The molecule has 2 N–H and O–H groups in total. The van der Waals surface area contributed by atoms with Crippen molar-refractivity contribution < 1.29 is 4.74 Å². The standard InChI is InChI=1S/C14H14N4O/c1-18-13-8-16-7-6-12(13)17-14(18)9-19-11-4-2-10(15)3-5-11/h2-8H,9,15H2,1H3. The molecule has 0 aliphatic carbocycles. The third-order valence-electron chi connectivity index (χ3n) is 3.02. The fraction of sp³-hybridized carbons (Fsp3) is 0.143. The highest BCUT2D eigenvalue weighted by atomic mass is 16.5. The third-order valence-corrected chi connectivity index (χ3v) is 3.02. The van der Waals surface area contributed by atoms with Gasteiger partial charge in [0.25, 0.3) is 0 Å². The molecule has 0 amide bonds. The molecule has 2 aromatic heterocycles. The molecule has 0 fully saturated rings. The zero-order valence-corrected chi connectivity index (χ0v) is 10.6. The summed E-state index contributed by atoms with van der Waals surface area (Å²) < 4.78 is 7.68. The molecule has 0 bridgehead atoms. The average Bonchev–Trinajstić information content (AvgIpc) is 2.76. The van der Waals surface area contributed by atoms with E-state index in [2.05, 4.69) is 9.97 Å². The maximum Gasteiger partial charge on any atom is 0.147 e. The number of rotatable bonds is 3. The summed E-state index contributed by atoms with van der Waals surface area (Å²) in [5.74, 6) is 1.64. The number of nitrogen functional groups attached to an aromatic ring is 1. The number of anilines is 1. The Labute approximate surface area is 110 Å². The van der Waals surface area contributed by atoms with Gasteiger partial charge in [-0.15, -0.1) is 0 Å². The van der Waals surface area contributed by atoms with Crippen LogP contribution in [-0.4, -0.2) is 14.5 Å². The Bertz CT molecular complexity index is 703. The second-order valence-electron chi connectivity index (χ2n) is 4.31. The van der Waals surface area contributed by atoms with Crippen LogP contribution in [0.4, 0.5) is 5.69 Å². The molecule has 0 spiro atoms. The van der Waals surface area contributed by atoms with Crippen LogP contribution in [0.3, 0.4) is 0 Å². The van der Waals surface area contributed by atoms with Crippen molar-refractivity contribution >= 4 is 16.7 Å². The summed E-state index contributed by atoms with van der Waals surface area (Å²) in [7, 11) is 1.96. The average molecular weight is 254 g/mol. The van der Waals surface area contributed by atoms with Crippen LogP contribution in [-0.2, 0) is 13.7 Å². The monoisotopic (exact) mass is 254 g/mol. The summed E-state index contributed by atoms with van der Waals surface area (Å²) in [6.45, 7) is 0.412. The van der Waals surface area contributed by atoms with Crippen molar-refractivity contribution in [2.24, 2.45) is 7.05 Å². The number of ether oxygens (including phenoxy) is 1. The number of pyridine rings is 1. The summed E-state index contributed by atoms with van der Waals surface area (Å²) in [6, 6.07) is 9.21. The molecule has 2 heterocycles. The van der Waals surface area contributed by atoms with Gasteiger partial charge in [-0.05, 0) is 30.3 Å². The Morgan fingerprint density at radius 1 is 1.21 bits per heavy atom. The van der Waals surface area contributed by atoms with Crippen molar-refractivity contribution in [3.63, 3.8) is 0 Å². The number of nitrogens with zero attached hydrogens (tertiary/aromatic N) is 3. The maximum absolute atomic E-state index is 5.70. The molecular weight excluding hydrogens is 240 g/mol. The number of aromatic nitrogens is 3. The number of hydrogen-bond donors (Lipinski definition) is 1. The van der Waals surface area contributed by atoms with Crippen LogP contribution in [0.1, 0.15) is 5.82 Å².